The van der Waals surface area contributed by atoms with Gasteiger partial charge in [-0.2, -0.15) is 26.3 Å². The Labute approximate surface area is 193 Å². The van der Waals surface area contributed by atoms with Crippen LogP contribution >= 0.6 is 0 Å². The number of amides is 1. The second-order valence-electron chi connectivity index (χ2n) is 3.61. The van der Waals surface area contributed by atoms with Gasteiger partial charge in [0.1, 0.15) is 5.97 Å². The molecule has 0 heterocycles. The third-order valence-corrected chi connectivity index (χ3v) is 2.24. The second kappa shape index (κ2) is 25.2. The Bertz CT molecular complexity index is 614. The van der Waals surface area contributed by atoms with Gasteiger partial charge in [-0.05, 0) is 0 Å². The second-order valence-corrected chi connectivity index (χ2v) is 6.35. The number of aliphatic carboxylic acids is 1. The first-order valence-electron chi connectivity index (χ1n) is 6.33. The van der Waals surface area contributed by atoms with Gasteiger partial charge in [0.15, 0.2) is 20.2 Å². The first-order valence-corrected chi connectivity index (χ1v) is 9.14. The molecule has 0 unspecified atom stereocenters. The fourth-order valence-corrected chi connectivity index (χ4v) is 0. The van der Waals surface area contributed by atoms with Crippen LogP contribution < -0.4 is 33.8 Å². The van der Waals surface area contributed by atoms with E-state index in [0.29, 0.717) is 26.2 Å². The van der Waals surface area contributed by atoms with E-state index in [2.05, 4.69) is 5.73 Å². The first-order chi connectivity index (χ1) is 13.0. The summed E-state index contributed by atoms with van der Waals surface area (Å²) in [5.74, 6) is -3.29. The van der Waals surface area contributed by atoms with Crippen LogP contribution in [0.2, 0.25) is 0 Å². The van der Waals surface area contributed by atoms with E-state index < -0.39 is 43.1 Å². The summed E-state index contributed by atoms with van der Waals surface area (Å²) in [4.78, 5) is 18.4. The molecule has 0 aromatic rings. The van der Waals surface area contributed by atoms with Crippen molar-refractivity contribution in [3.63, 3.8) is 0 Å². The van der Waals surface area contributed by atoms with Crippen LogP contribution in [0.1, 0.15) is 0 Å². The van der Waals surface area contributed by atoms with Crippen LogP contribution in [0.4, 0.5) is 26.3 Å². The maximum atomic E-state index is 10.7. The maximum absolute atomic E-state index is 10.7. The number of halogens is 6. The van der Waals surface area contributed by atoms with E-state index in [4.69, 9.17) is 58.8 Å². The van der Waals surface area contributed by atoms with Gasteiger partial charge >= 0.3 is 27.8 Å². The molecule has 0 bridgehead atoms. The number of hydrogen-bond acceptors (Lipinski definition) is 13. The molecule has 1 amide bonds. The van der Waals surface area contributed by atoms with Crippen LogP contribution in [0.3, 0.4) is 0 Å². The number of carbonyl (C=O) groups is 2. The Morgan fingerprint density at radius 2 is 0.758 bits per heavy atom. The van der Waals surface area contributed by atoms with Crippen LogP contribution in [0.25, 0.3) is 0 Å². The molecule has 0 radical (unpaired) electrons. The molecule has 0 saturated heterocycles. The van der Waals surface area contributed by atoms with Crippen LogP contribution in [0, 0.1) is 0 Å². The molecule has 0 aliphatic carbocycles. The van der Waals surface area contributed by atoms with Crippen molar-refractivity contribution in [2.45, 2.75) is 11.0 Å². The molecule has 33 heavy (non-hydrogen) atoms. The summed E-state index contributed by atoms with van der Waals surface area (Å²) >= 11 is 0. The fourth-order valence-electron chi connectivity index (χ4n) is 0. The van der Waals surface area contributed by atoms with Gasteiger partial charge in [-0.3, -0.25) is 4.79 Å². The standard InChI is InChI=1S/2C2H8N2.C2H3NO3.2CHF3O3S.Co.2H2O/c2*3-1-2-4;3-1(4)2(5)6;2*2-1(3,4)8(5,6)7;;;/h2*1-4H2;(H2,3,4)(H,5,6);2*(H,5,6,7);;2*1H2/q;;;;;+3;;/p-3. The summed E-state index contributed by atoms with van der Waals surface area (Å²) in [7, 11) is -12.2. The molecule has 0 aliphatic rings. The monoisotopic (exact) mass is 601 g/mol. The van der Waals surface area contributed by atoms with Gasteiger partial charge in [-0.15, -0.1) is 0 Å². The minimum Gasteiger partial charge on any atom is -0.741 e. The number of rotatable bonds is 2. The van der Waals surface area contributed by atoms with E-state index in [1.165, 1.54) is 0 Å². The Morgan fingerprint density at radius 3 is 0.758 bits per heavy atom. The number of alkyl halides is 6. The predicted molar refractivity (Wildman–Crippen MR) is 89.2 cm³/mol. The molecule has 16 nitrogen and oxygen atoms in total. The average molecular weight is 601 g/mol. The summed E-state index contributed by atoms with van der Waals surface area (Å²) in [6.07, 6.45) is 0. The Kier molecular flexibility index (Phi) is 40.6. The van der Waals surface area contributed by atoms with Gasteiger partial charge in [0.25, 0.3) is 5.91 Å². The number of carbonyl (C=O) groups excluding carboxylic acids is 2. The molecule has 0 aromatic carbocycles. The van der Waals surface area contributed by atoms with Crippen LogP contribution in [-0.2, 0) is 46.6 Å². The van der Waals surface area contributed by atoms with Crippen molar-refractivity contribution in [3.05, 3.63) is 0 Å². The fraction of sp³-hybridized carbons (Fsp3) is 0.750. The summed E-state index contributed by atoms with van der Waals surface area (Å²) in [6, 6.07) is 0. The van der Waals surface area contributed by atoms with Crippen molar-refractivity contribution >= 4 is 32.1 Å². The molecule has 0 aromatic heterocycles. The van der Waals surface area contributed by atoms with Crippen molar-refractivity contribution in [3.8, 4) is 0 Å². The van der Waals surface area contributed by atoms with E-state index in [0.717, 1.165) is 0 Å². The smallest absolute Gasteiger partial charge is 0.741 e. The van der Waals surface area contributed by atoms with E-state index >= 15 is 0 Å². The summed E-state index contributed by atoms with van der Waals surface area (Å²) < 4.78 is 118. The van der Waals surface area contributed by atoms with E-state index in [-0.39, 0.29) is 27.7 Å². The largest absolute Gasteiger partial charge is 3.00 e. The summed E-state index contributed by atoms with van der Waals surface area (Å²) in [5, 5.41) is 9.11. The minimum absolute atomic E-state index is 0. The normalized spacial score (nSPS) is 9.94. The van der Waals surface area contributed by atoms with Crippen molar-refractivity contribution in [2.75, 3.05) is 26.2 Å². The van der Waals surface area contributed by atoms with Gasteiger partial charge in [-0.25, -0.2) is 16.8 Å². The van der Waals surface area contributed by atoms with Crippen LogP contribution in [-0.4, -0.2) is 86.0 Å². The van der Waals surface area contributed by atoms with Crippen molar-refractivity contribution in [2.24, 2.45) is 28.7 Å². The molecule has 0 aliphatic heterocycles. The molecule has 0 fully saturated rings. The van der Waals surface area contributed by atoms with E-state index in [9.17, 15) is 31.1 Å². The van der Waals surface area contributed by atoms with Crippen molar-refractivity contribution in [1.29, 1.82) is 0 Å². The Balaban J connectivity index is -0.0000000397. The van der Waals surface area contributed by atoms with Crippen LogP contribution in [0.15, 0.2) is 0 Å². The predicted octanol–water partition coefficient (Wildman–Crippen LogP) is -6.52. The number of carboxylic acid groups (broad SMARTS) is 1. The number of nitrogens with two attached hydrogens (primary N) is 5. The zero-order valence-corrected chi connectivity index (χ0v) is 18.5. The average Bonchev–Trinajstić information content (AvgIpc) is 2.52. The Hall–Kier alpha value is -1.39. The molecule has 208 valence electrons. The van der Waals surface area contributed by atoms with Gasteiger partial charge in [0, 0.05) is 26.2 Å². The SMILES string of the molecule is NC(=O)C(=O)[O-].NCCN.NCCN.O.O.O=S(=O)([O-])C(F)(F)F.O=S(=O)([O-])C(F)(F)F.[Co+3]. The van der Waals surface area contributed by atoms with Crippen molar-refractivity contribution in [1.82, 2.24) is 0 Å². The first kappa shape index (κ1) is 53.1. The van der Waals surface area contributed by atoms with Gasteiger partial charge in [-0.1, -0.05) is 0 Å². The van der Waals surface area contributed by atoms with Crippen LogP contribution in [0.5, 0.6) is 0 Å². The van der Waals surface area contributed by atoms with Gasteiger partial charge < -0.3 is 58.6 Å². The molecule has 0 rings (SSSR count). The van der Waals surface area contributed by atoms with E-state index in [1.54, 1.807) is 0 Å². The molecule has 0 atom stereocenters. The zero-order chi connectivity index (χ0) is 26.0. The van der Waals surface area contributed by atoms with Crippen molar-refractivity contribution < 1.29 is 94.7 Å². The maximum Gasteiger partial charge on any atom is 3.00 e. The summed E-state index contributed by atoms with van der Waals surface area (Å²) in [6.45, 7) is 2.39. The number of carboxylic acids is 1. The third kappa shape index (κ3) is 49.0. The summed E-state index contributed by atoms with van der Waals surface area (Å²) in [5.41, 5.74) is 12.5. The molecule has 0 saturated carbocycles. The minimum atomic E-state index is -6.09. The Morgan fingerprint density at radius 1 is 0.667 bits per heavy atom. The van der Waals surface area contributed by atoms with Gasteiger partial charge in [0.2, 0.25) is 0 Å². The molecule has 0 spiro atoms. The van der Waals surface area contributed by atoms with E-state index in [1.807, 2.05) is 0 Å². The quantitative estimate of drug-likeness (QED) is 0.0851. The molecular weight excluding hydrogens is 579 g/mol. The molecule has 25 heteroatoms. The number of primary amides is 1. The molecular formula is C8H22CoF6N5O11S2. The topological polar surface area (TPSA) is 365 Å². The zero-order valence-electron chi connectivity index (χ0n) is 15.8. The van der Waals surface area contributed by atoms with Gasteiger partial charge in [0.05, 0.1) is 0 Å². The third-order valence-electron chi connectivity index (χ3n) is 1.10. The molecule has 14 N–H and O–H groups in total. The number of hydrogen-bond donors (Lipinski definition) is 5.